The summed E-state index contributed by atoms with van der Waals surface area (Å²) in [6, 6.07) is 26.9. The third kappa shape index (κ3) is 5.21. The molecule has 0 fully saturated rings. The molecule has 1 atom stereocenters. The molecule has 1 aliphatic rings. The van der Waals surface area contributed by atoms with Crippen molar-refractivity contribution in [3.63, 3.8) is 0 Å². The van der Waals surface area contributed by atoms with E-state index in [2.05, 4.69) is 10.6 Å². The molecule has 0 amide bonds. The molecular weight excluding hydrogens is 625 g/mol. The highest BCUT2D eigenvalue weighted by atomic mass is 35.5. The Kier molecular flexibility index (Phi) is 7.69. The van der Waals surface area contributed by atoms with Crippen molar-refractivity contribution in [2.75, 3.05) is 6.61 Å². The van der Waals surface area contributed by atoms with E-state index in [1.165, 1.54) is 11.3 Å². The fourth-order valence-electron chi connectivity index (χ4n) is 6.07. The molecule has 0 aliphatic carbocycles. The topological polar surface area (TPSA) is 65.6 Å². The zero-order valence-electron chi connectivity index (χ0n) is 24.5. The lowest BCUT2D eigenvalue weighted by molar-refractivity contribution is -0.139. The summed E-state index contributed by atoms with van der Waals surface area (Å²) in [6.45, 7) is 4.37. The van der Waals surface area contributed by atoms with E-state index in [0.29, 0.717) is 37.2 Å². The molecule has 4 aromatic carbocycles. The number of rotatable bonds is 6. The van der Waals surface area contributed by atoms with E-state index < -0.39 is 12.0 Å². The van der Waals surface area contributed by atoms with E-state index in [0.717, 1.165) is 38.4 Å². The predicted molar refractivity (Wildman–Crippen MR) is 182 cm³/mol. The number of esters is 1. The Morgan fingerprint density at radius 2 is 1.73 bits per heavy atom. The number of fused-ring (bicyclic) bond motifs is 3. The average molecular weight is 653 g/mol. The molecule has 45 heavy (non-hydrogen) atoms. The lowest BCUT2D eigenvalue weighted by Gasteiger charge is -2.25. The quantitative estimate of drug-likeness (QED) is 0.178. The van der Waals surface area contributed by atoms with Gasteiger partial charge in [0.05, 0.1) is 38.5 Å². The van der Waals surface area contributed by atoms with Crippen LogP contribution in [-0.2, 0) is 16.1 Å². The highest BCUT2D eigenvalue weighted by Gasteiger charge is 2.34. The van der Waals surface area contributed by atoms with Gasteiger partial charge in [0.2, 0.25) is 0 Å². The van der Waals surface area contributed by atoms with Crippen molar-refractivity contribution >= 4 is 68.3 Å². The molecular formula is C36H27Cl2N3O3S. The van der Waals surface area contributed by atoms with E-state index in [-0.39, 0.29) is 12.2 Å². The second-order valence-electron chi connectivity index (χ2n) is 10.8. The molecule has 0 radical (unpaired) electrons. The summed E-state index contributed by atoms with van der Waals surface area (Å²) in [6.07, 6.45) is 3.96. The van der Waals surface area contributed by atoms with Crippen LogP contribution in [0.25, 0.3) is 27.8 Å². The normalized spacial score (nSPS) is 15.0. The SMILES string of the molecule is CCOC(=O)C1=C(C)N=c2s/c(=C/c3cn(Cc4ccc(Cl)c(Cl)c4)c4ccccc34)c(=O)n2[C@@H]1c1cccc2ccccc12. The largest absolute Gasteiger partial charge is 0.463 e. The van der Waals surface area contributed by atoms with Gasteiger partial charge in [0, 0.05) is 29.2 Å². The molecule has 9 heteroatoms. The summed E-state index contributed by atoms with van der Waals surface area (Å²) in [5.41, 5.74) is 4.47. The number of halogens is 2. The number of allylic oxidation sites excluding steroid dienone is 1. The summed E-state index contributed by atoms with van der Waals surface area (Å²) < 4.78 is 9.80. The van der Waals surface area contributed by atoms with Crippen LogP contribution in [-0.4, -0.2) is 21.7 Å². The van der Waals surface area contributed by atoms with Crippen molar-refractivity contribution in [1.29, 1.82) is 0 Å². The van der Waals surface area contributed by atoms with Gasteiger partial charge >= 0.3 is 5.97 Å². The molecule has 0 spiro atoms. The van der Waals surface area contributed by atoms with Crippen LogP contribution in [0.15, 0.2) is 112 Å². The Labute approximate surface area is 272 Å². The first-order chi connectivity index (χ1) is 21.8. The van der Waals surface area contributed by atoms with Gasteiger partial charge in [-0.05, 0) is 60.0 Å². The number of para-hydroxylation sites is 1. The minimum Gasteiger partial charge on any atom is -0.463 e. The van der Waals surface area contributed by atoms with Gasteiger partial charge in [-0.1, -0.05) is 101 Å². The smallest absolute Gasteiger partial charge is 0.338 e. The number of hydrogen-bond acceptors (Lipinski definition) is 5. The van der Waals surface area contributed by atoms with Gasteiger partial charge < -0.3 is 9.30 Å². The van der Waals surface area contributed by atoms with Crippen molar-refractivity contribution in [1.82, 2.24) is 9.13 Å². The summed E-state index contributed by atoms with van der Waals surface area (Å²) in [5, 5.41) is 4.01. The first kappa shape index (κ1) is 29.3. The molecule has 6 aromatic rings. The van der Waals surface area contributed by atoms with Gasteiger partial charge in [-0.2, -0.15) is 0 Å². The molecule has 0 unspecified atom stereocenters. The second-order valence-corrected chi connectivity index (χ2v) is 12.7. The van der Waals surface area contributed by atoms with E-state index in [9.17, 15) is 9.59 Å². The van der Waals surface area contributed by atoms with Gasteiger partial charge in [0.15, 0.2) is 4.80 Å². The average Bonchev–Trinajstić information content (AvgIpc) is 3.54. The van der Waals surface area contributed by atoms with Crippen molar-refractivity contribution in [3.8, 4) is 0 Å². The molecule has 6 nitrogen and oxygen atoms in total. The maximum atomic E-state index is 14.3. The van der Waals surface area contributed by atoms with Crippen molar-refractivity contribution in [3.05, 3.63) is 149 Å². The molecule has 0 saturated carbocycles. The minimum absolute atomic E-state index is 0.215. The van der Waals surface area contributed by atoms with E-state index in [1.807, 2.05) is 85.1 Å². The standard InChI is InChI=1S/C36H27Cl2N3O3S/c1-3-44-35(43)32-21(2)39-36-41(33(32)27-13-8-10-23-9-4-5-11-25(23)27)34(42)31(45-36)18-24-20-40(30-14-7-6-12-26(24)30)19-22-15-16-28(37)29(38)17-22/h4-18,20,33H,3,19H2,1-2H3/b31-18+/t33-/m1/s1. The zero-order chi connectivity index (χ0) is 31.2. The maximum absolute atomic E-state index is 14.3. The van der Waals surface area contributed by atoms with Crippen LogP contribution in [0.3, 0.4) is 0 Å². The van der Waals surface area contributed by atoms with Crippen molar-refractivity contribution in [2.24, 2.45) is 4.99 Å². The summed E-state index contributed by atoms with van der Waals surface area (Å²) in [4.78, 5) is 33.1. The third-order valence-corrected chi connectivity index (χ3v) is 9.80. The van der Waals surface area contributed by atoms with Gasteiger partial charge in [-0.3, -0.25) is 9.36 Å². The third-order valence-electron chi connectivity index (χ3n) is 8.08. The molecule has 7 rings (SSSR count). The van der Waals surface area contributed by atoms with Crippen LogP contribution in [0.4, 0.5) is 0 Å². The van der Waals surface area contributed by atoms with Gasteiger partial charge in [-0.15, -0.1) is 0 Å². The Balaban J connectivity index is 1.41. The van der Waals surface area contributed by atoms with Gasteiger partial charge in [0.25, 0.3) is 5.56 Å². The maximum Gasteiger partial charge on any atom is 0.338 e. The molecule has 0 N–H and O–H groups in total. The molecule has 0 bridgehead atoms. The highest BCUT2D eigenvalue weighted by Crippen LogP contribution is 2.35. The van der Waals surface area contributed by atoms with E-state index >= 15 is 0 Å². The van der Waals surface area contributed by atoms with Gasteiger partial charge in [-0.25, -0.2) is 9.79 Å². The second kappa shape index (κ2) is 11.8. The Bertz CT molecular complexity index is 2360. The Morgan fingerprint density at radius 1 is 0.978 bits per heavy atom. The molecule has 3 heterocycles. The Hall–Kier alpha value is -4.43. The number of carbonyl (C=O) groups is 1. The lowest BCUT2D eigenvalue weighted by atomic mass is 9.91. The molecule has 224 valence electrons. The molecule has 0 saturated heterocycles. The van der Waals surface area contributed by atoms with Crippen LogP contribution in [0.5, 0.6) is 0 Å². The van der Waals surface area contributed by atoms with Crippen LogP contribution in [0.2, 0.25) is 10.0 Å². The van der Waals surface area contributed by atoms with Crippen LogP contribution < -0.4 is 14.9 Å². The minimum atomic E-state index is -0.690. The molecule has 2 aromatic heterocycles. The lowest BCUT2D eigenvalue weighted by Crippen LogP contribution is -2.40. The monoisotopic (exact) mass is 651 g/mol. The fourth-order valence-corrected chi connectivity index (χ4v) is 7.43. The number of thiazole rings is 1. The van der Waals surface area contributed by atoms with E-state index in [4.69, 9.17) is 32.9 Å². The van der Waals surface area contributed by atoms with Crippen molar-refractivity contribution in [2.45, 2.75) is 26.4 Å². The number of hydrogen-bond donors (Lipinski definition) is 0. The van der Waals surface area contributed by atoms with Crippen LogP contribution in [0.1, 0.15) is 36.6 Å². The summed E-state index contributed by atoms with van der Waals surface area (Å²) in [5.74, 6) is -0.476. The van der Waals surface area contributed by atoms with Crippen LogP contribution in [0, 0.1) is 0 Å². The summed E-state index contributed by atoms with van der Waals surface area (Å²) in [7, 11) is 0. The van der Waals surface area contributed by atoms with E-state index in [1.54, 1.807) is 24.5 Å². The van der Waals surface area contributed by atoms with Crippen LogP contribution >= 0.6 is 34.5 Å². The van der Waals surface area contributed by atoms with Gasteiger partial charge in [0.1, 0.15) is 0 Å². The number of benzene rings is 4. The highest BCUT2D eigenvalue weighted by molar-refractivity contribution is 7.07. The fraction of sp³-hybridized carbons (Fsp3) is 0.139. The first-order valence-corrected chi connectivity index (χ1v) is 16.1. The number of nitrogens with zero attached hydrogens (tertiary/aromatic N) is 3. The molecule has 1 aliphatic heterocycles. The number of aromatic nitrogens is 2. The first-order valence-electron chi connectivity index (χ1n) is 14.5. The number of ether oxygens (including phenoxy) is 1. The van der Waals surface area contributed by atoms with Crippen molar-refractivity contribution < 1.29 is 9.53 Å². The predicted octanol–water partition coefficient (Wildman–Crippen LogP) is 7.26. The zero-order valence-corrected chi connectivity index (χ0v) is 26.8. The Morgan fingerprint density at radius 3 is 2.53 bits per heavy atom. The summed E-state index contributed by atoms with van der Waals surface area (Å²) >= 11 is 13.8. The number of carbonyl (C=O) groups excluding carboxylic acids is 1.